The van der Waals surface area contributed by atoms with Gasteiger partial charge in [0.05, 0.1) is 4.47 Å². The molecule has 1 aromatic carbocycles. The van der Waals surface area contributed by atoms with E-state index in [1.165, 1.54) is 24.8 Å². The molecule has 5 heteroatoms. The van der Waals surface area contributed by atoms with Crippen LogP contribution in [-0.4, -0.2) is 37.2 Å². The molecule has 0 saturated carbocycles. The van der Waals surface area contributed by atoms with Gasteiger partial charge in [-0.25, -0.2) is 0 Å². The highest BCUT2D eigenvalue weighted by atomic mass is 79.9. The second kappa shape index (κ2) is 6.55. The zero-order chi connectivity index (χ0) is 14.8. The van der Waals surface area contributed by atoms with Crippen LogP contribution >= 0.6 is 15.9 Å². The molecular formula is C16H23BrN2O2. The van der Waals surface area contributed by atoms with Crippen LogP contribution in [0.5, 0.6) is 11.5 Å². The van der Waals surface area contributed by atoms with Crippen LogP contribution in [0.1, 0.15) is 37.8 Å². The Labute approximate surface area is 134 Å². The third-order valence-corrected chi connectivity index (χ3v) is 5.07. The largest absolute Gasteiger partial charge is 0.486 e. The van der Waals surface area contributed by atoms with Gasteiger partial charge >= 0.3 is 0 Å². The van der Waals surface area contributed by atoms with Gasteiger partial charge in [0.1, 0.15) is 13.2 Å². The minimum absolute atomic E-state index is 0.243. The molecule has 0 aromatic heterocycles. The van der Waals surface area contributed by atoms with E-state index in [9.17, 15) is 0 Å². The first kappa shape index (κ1) is 15.1. The number of hydrogen-bond donors (Lipinski definition) is 1. The van der Waals surface area contributed by atoms with E-state index in [4.69, 9.17) is 15.2 Å². The van der Waals surface area contributed by atoms with Gasteiger partial charge in [-0.15, -0.1) is 0 Å². The van der Waals surface area contributed by atoms with Gasteiger partial charge in [0.25, 0.3) is 0 Å². The van der Waals surface area contributed by atoms with Crippen molar-refractivity contribution >= 4 is 15.9 Å². The molecule has 0 aliphatic carbocycles. The lowest BCUT2D eigenvalue weighted by molar-refractivity contribution is 0.108. The molecule has 1 fully saturated rings. The summed E-state index contributed by atoms with van der Waals surface area (Å²) in [5, 5.41) is 0. The standard InChI is InChI=1S/C16H23BrN2O2/c1-11-4-2-3-5-19(11)14(10-18)12-8-13(17)16-15(9-12)20-6-7-21-16/h8-9,11,14H,2-7,10,18H2,1H3. The van der Waals surface area contributed by atoms with Crippen LogP contribution < -0.4 is 15.2 Å². The molecule has 2 aliphatic heterocycles. The fraction of sp³-hybridized carbons (Fsp3) is 0.625. The van der Waals surface area contributed by atoms with Crippen molar-refractivity contribution in [1.82, 2.24) is 4.90 Å². The third kappa shape index (κ3) is 3.05. The highest BCUT2D eigenvalue weighted by Crippen LogP contribution is 2.41. The molecule has 1 aromatic rings. The molecule has 2 aliphatic rings. The molecule has 3 rings (SSSR count). The predicted molar refractivity (Wildman–Crippen MR) is 86.9 cm³/mol. The average Bonchev–Trinajstić information content (AvgIpc) is 2.50. The summed E-state index contributed by atoms with van der Waals surface area (Å²) >= 11 is 3.61. The van der Waals surface area contributed by atoms with E-state index in [0.717, 1.165) is 22.5 Å². The number of benzene rings is 1. The van der Waals surface area contributed by atoms with E-state index in [-0.39, 0.29) is 6.04 Å². The van der Waals surface area contributed by atoms with Crippen LogP contribution in [0.2, 0.25) is 0 Å². The molecule has 0 spiro atoms. The molecular weight excluding hydrogens is 332 g/mol. The van der Waals surface area contributed by atoms with Gasteiger partial charge in [0.15, 0.2) is 11.5 Å². The lowest BCUT2D eigenvalue weighted by Crippen LogP contribution is -2.43. The maximum Gasteiger partial charge on any atom is 0.175 e. The highest BCUT2D eigenvalue weighted by Gasteiger charge is 2.28. The second-order valence-electron chi connectivity index (χ2n) is 5.86. The molecule has 116 valence electrons. The lowest BCUT2D eigenvalue weighted by atomic mass is 9.97. The molecule has 0 radical (unpaired) electrons. The number of likely N-dealkylation sites (tertiary alicyclic amines) is 1. The molecule has 0 bridgehead atoms. The summed E-state index contributed by atoms with van der Waals surface area (Å²) in [5.74, 6) is 1.64. The number of nitrogens with two attached hydrogens (primary N) is 1. The summed E-state index contributed by atoms with van der Waals surface area (Å²) in [6, 6.07) is 5.05. The SMILES string of the molecule is CC1CCCCN1C(CN)c1cc(Br)c2c(c1)OCCO2. The molecule has 1 saturated heterocycles. The summed E-state index contributed by atoms with van der Waals surface area (Å²) < 4.78 is 12.4. The van der Waals surface area contributed by atoms with Gasteiger partial charge in [-0.1, -0.05) is 6.42 Å². The maximum absolute atomic E-state index is 6.09. The van der Waals surface area contributed by atoms with E-state index in [0.29, 0.717) is 25.8 Å². The van der Waals surface area contributed by atoms with E-state index < -0.39 is 0 Å². The van der Waals surface area contributed by atoms with Gasteiger partial charge < -0.3 is 15.2 Å². The zero-order valence-corrected chi connectivity index (χ0v) is 14.1. The van der Waals surface area contributed by atoms with Gasteiger partial charge in [0, 0.05) is 18.6 Å². The van der Waals surface area contributed by atoms with Crippen LogP contribution in [0.25, 0.3) is 0 Å². The van der Waals surface area contributed by atoms with Crippen LogP contribution in [-0.2, 0) is 0 Å². The van der Waals surface area contributed by atoms with Crippen molar-refractivity contribution in [2.75, 3.05) is 26.3 Å². The maximum atomic E-state index is 6.09. The number of fused-ring (bicyclic) bond motifs is 1. The van der Waals surface area contributed by atoms with Crippen molar-refractivity contribution in [3.05, 3.63) is 22.2 Å². The number of hydrogen-bond acceptors (Lipinski definition) is 4. The van der Waals surface area contributed by atoms with Crippen molar-refractivity contribution in [3.63, 3.8) is 0 Å². The highest BCUT2D eigenvalue weighted by molar-refractivity contribution is 9.10. The van der Waals surface area contributed by atoms with E-state index >= 15 is 0 Å². The topological polar surface area (TPSA) is 47.7 Å². The van der Waals surface area contributed by atoms with Crippen molar-refractivity contribution in [3.8, 4) is 11.5 Å². The van der Waals surface area contributed by atoms with Gasteiger partial charge in [-0.05, 0) is 59.9 Å². The number of ether oxygens (including phenoxy) is 2. The minimum atomic E-state index is 0.243. The lowest BCUT2D eigenvalue weighted by Gasteiger charge is -2.39. The summed E-state index contributed by atoms with van der Waals surface area (Å²) in [4.78, 5) is 2.53. The first-order valence-electron chi connectivity index (χ1n) is 7.75. The zero-order valence-electron chi connectivity index (χ0n) is 12.5. The molecule has 21 heavy (non-hydrogen) atoms. The Hall–Kier alpha value is -0.780. The smallest absolute Gasteiger partial charge is 0.175 e. The third-order valence-electron chi connectivity index (χ3n) is 4.48. The van der Waals surface area contributed by atoms with Crippen LogP contribution in [0.3, 0.4) is 0 Å². The van der Waals surface area contributed by atoms with E-state index in [1.807, 2.05) is 0 Å². The summed E-state index contributed by atoms with van der Waals surface area (Å²) in [6.07, 6.45) is 3.83. The summed E-state index contributed by atoms with van der Waals surface area (Å²) in [6.45, 7) is 5.26. The Balaban J connectivity index is 1.91. The average molecular weight is 355 g/mol. The fourth-order valence-corrected chi connectivity index (χ4v) is 3.94. The summed E-state index contributed by atoms with van der Waals surface area (Å²) in [5.41, 5.74) is 7.31. The van der Waals surface area contributed by atoms with Gasteiger partial charge in [-0.3, -0.25) is 4.90 Å². The predicted octanol–water partition coefficient (Wildman–Crippen LogP) is 3.09. The van der Waals surface area contributed by atoms with E-state index in [2.05, 4.69) is 39.9 Å². The molecule has 2 heterocycles. The molecule has 2 atom stereocenters. The van der Waals surface area contributed by atoms with Gasteiger partial charge in [-0.2, -0.15) is 0 Å². The molecule has 4 nitrogen and oxygen atoms in total. The van der Waals surface area contributed by atoms with Crippen molar-refractivity contribution in [2.24, 2.45) is 5.73 Å². The van der Waals surface area contributed by atoms with Crippen LogP contribution in [0, 0.1) is 0 Å². The quantitative estimate of drug-likeness (QED) is 0.905. The van der Waals surface area contributed by atoms with Crippen LogP contribution in [0.15, 0.2) is 16.6 Å². The van der Waals surface area contributed by atoms with Crippen LogP contribution in [0.4, 0.5) is 0 Å². The minimum Gasteiger partial charge on any atom is -0.486 e. The molecule has 2 unspecified atom stereocenters. The number of piperidine rings is 1. The fourth-order valence-electron chi connectivity index (χ4n) is 3.37. The Kier molecular flexibility index (Phi) is 4.72. The first-order chi connectivity index (χ1) is 10.2. The molecule has 0 amide bonds. The first-order valence-corrected chi connectivity index (χ1v) is 8.55. The molecule has 2 N–H and O–H groups in total. The summed E-state index contributed by atoms with van der Waals surface area (Å²) in [7, 11) is 0. The normalized spacial score (nSPS) is 23.9. The van der Waals surface area contributed by atoms with Crippen molar-refractivity contribution in [1.29, 1.82) is 0 Å². The van der Waals surface area contributed by atoms with Gasteiger partial charge in [0.2, 0.25) is 0 Å². The number of halogens is 1. The van der Waals surface area contributed by atoms with E-state index in [1.54, 1.807) is 0 Å². The monoisotopic (exact) mass is 354 g/mol. The van der Waals surface area contributed by atoms with Crippen molar-refractivity contribution < 1.29 is 9.47 Å². The number of rotatable bonds is 3. The Morgan fingerprint density at radius 2 is 2.14 bits per heavy atom. The van der Waals surface area contributed by atoms with Crippen molar-refractivity contribution in [2.45, 2.75) is 38.3 Å². The number of nitrogens with zero attached hydrogens (tertiary/aromatic N) is 1. The second-order valence-corrected chi connectivity index (χ2v) is 6.72. The Morgan fingerprint density at radius 1 is 1.33 bits per heavy atom. The Bertz CT molecular complexity index is 509. The Morgan fingerprint density at radius 3 is 2.90 bits per heavy atom.